The van der Waals surface area contributed by atoms with E-state index < -0.39 is 0 Å². The van der Waals surface area contributed by atoms with Crippen LogP contribution in [0.25, 0.3) is 12.2 Å². The van der Waals surface area contributed by atoms with E-state index in [0.29, 0.717) is 11.8 Å². The average Bonchev–Trinajstić information content (AvgIpc) is 3.16. The van der Waals surface area contributed by atoms with Gasteiger partial charge in [-0.2, -0.15) is 0 Å². The van der Waals surface area contributed by atoms with Crippen LogP contribution in [0.5, 0.6) is 0 Å². The largest absolute Gasteiger partial charge is 0.137 e. The Hall–Kier alpha value is -1.86. The van der Waals surface area contributed by atoms with Gasteiger partial charge in [0.05, 0.1) is 0 Å². The van der Waals surface area contributed by atoms with E-state index in [1.165, 1.54) is 9.75 Å². The molecule has 0 bridgehead atoms. The van der Waals surface area contributed by atoms with Gasteiger partial charge in [0.1, 0.15) is 0 Å². The van der Waals surface area contributed by atoms with Crippen molar-refractivity contribution in [3.05, 3.63) is 82.6 Å². The van der Waals surface area contributed by atoms with Crippen molar-refractivity contribution < 1.29 is 0 Å². The van der Waals surface area contributed by atoms with Gasteiger partial charge in [0.2, 0.25) is 0 Å². The van der Waals surface area contributed by atoms with Gasteiger partial charge in [-0.1, -0.05) is 60.8 Å². The molecular weight excluding hydrogens is 248 g/mol. The van der Waals surface area contributed by atoms with Crippen LogP contribution in [0.2, 0.25) is 0 Å². The highest BCUT2D eigenvalue weighted by molar-refractivity contribution is 7.13. The summed E-state index contributed by atoms with van der Waals surface area (Å²) in [5.41, 5.74) is 0. The third-order valence-electron chi connectivity index (χ3n) is 3.17. The molecule has 0 amide bonds. The lowest BCUT2D eigenvalue weighted by Gasteiger charge is -1.94. The average molecular weight is 264 g/mol. The van der Waals surface area contributed by atoms with Crippen molar-refractivity contribution >= 4 is 23.5 Å². The van der Waals surface area contributed by atoms with Crippen LogP contribution in [0, 0.1) is 11.8 Å². The van der Waals surface area contributed by atoms with E-state index in [-0.39, 0.29) is 0 Å². The van der Waals surface area contributed by atoms with Gasteiger partial charge < -0.3 is 0 Å². The van der Waals surface area contributed by atoms with Crippen molar-refractivity contribution in [2.24, 2.45) is 11.8 Å². The number of allylic oxidation sites excluding steroid dienone is 10. The Morgan fingerprint density at radius 2 is 1.11 bits per heavy atom. The van der Waals surface area contributed by atoms with Crippen LogP contribution in [0.15, 0.2) is 72.9 Å². The molecule has 2 aliphatic carbocycles. The van der Waals surface area contributed by atoms with Crippen LogP contribution in [-0.4, -0.2) is 0 Å². The minimum Gasteiger partial charge on any atom is -0.137 e. The van der Waals surface area contributed by atoms with Crippen molar-refractivity contribution in [3.63, 3.8) is 0 Å². The number of thiophene rings is 1. The number of hydrogen-bond acceptors (Lipinski definition) is 1. The molecule has 1 aromatic rings. The van der Waals surface area contributed by atoms with Gasteiger partial charge >= 0.3 is 0 Å². The summed E-state index contributed by atoms with van der Waals surface area (Å²) in [4.78, 5) is 2.62. The van der Waals surface area contributed by atoms with E-state index in [9.17, 15) is 0 Å². The van der Waals surface area contributed by atoms with Crippen LogP contribution < -0.4 is 0 Å². The lowest BCUT2D eigenvalue weighted by atomic mass is 10.1. The first kappa shape index (κ1) is 12.2. The van der Waals surface area contributed by atoms with Crippen LogP contribution in [-0.2, 0) is 0 Å². The number of hydrogen-bond donors (Lipinski definition) is 0. The molecule has 0 saturated carbocycles. The molecule has 1 heterocycles. The third kappa shape index (κ3) is 3.33. The first-order chi connectivity index (χ1) is 9.40. The monoisotopic (exact) mass is 264 g/mol. The predicted molar refractivity (Wildman–Crippen MR) is 85.9 cm³/mol. The third-order valence-corrected chi connectivity index (χ3v) is 4.18. The molecule has 2 aliphatic rings. The Balaban J connectivity index is 1.62. The lowest BCUT2D eigenvalue weighted by Crippen LogP contribution is -1.79. The van der Waals surface area contributed by atoms with Gasteiger partial charge in [0, 0.05) is 21.6 Å². The van der Waals surface area contributed by atoms with Gasteiger partial charge in [-0.05, 0) is 24.3 Å². The van der Waals surface area contributed by atoms with Gasteiger partial charge in [-0.25, -0.2) is 0 Å². The van der Waals surface area contributed by atoms with E-state index >= 15 is 0 Å². The fourth-order valence-corrected chi connectivity index (χ4v) is 2.95. The zero-order valence-electron chi connectivity index (χ0n) is 10.6. The lowest BCUT2D eigenvalue weighted by molar-refractivity contribution is 1.10. The number of rotatable bonds is 4. The van der Waals surface area contributed by atoms with Crippen molar-refractivity contribution in [3.8, 4) is 0 Å². The molecule has 0 N–H and O–H groups in total. The summed E-state index contributed by atoms with van der Waals surface area (Å²) in [6.45, 7) is 0. The Kier molecular flexibility index (Phi) is 3.75. The normalized spacial score (nSPS) is 18.9. The highest BCUT2D eigenvalue weighted by Gasteiger charge is 2.00. The maximum Gasteiger partial charge on any atom is 0.0273 e. The second-order valence-corrected chi connectivity index (χ2v) is 5.80. The molecule has 1 heteroatoms. The molecular formula is C18H16S. The Morgan fingerprint density at radius 3 is 1.53 bits per heavy atom. The molecule has 0 fully saturated rings. The Bertz CT molecular complexity index is 529. The van der Waals surface area contributed by atoms with Crippen molar-refractivity contribution in [2.75, 3.05) is 0 Å². The van der Waals surface area contributed by atoms with Gasteiger partial charge in [0.25, 0.3) is 0 Å². The quantitative estimate of drug-likeness (QED) is 0.696. The first-order valence-electron chi connectivity index (χ1n) is 6.56. The molecule has 0 atom stereocenters. The predicted octanol–water partition coefficient (Wildman–Crippen LogP) is 5.26. The zero-order valence-corrected chi connectivity index (χ0v) is 11.5. The maximum absolute atomic E-state index is 2.24. The highest BCUT2D eigenvalue weighted by atomic mass is 32.1. The molecule has 0 unspecified atom stereocenters. The molecule has 0 aliphatic heterocycles. The minimum absolute atomic E-state index is 0.467. The molecule has 94 valence electrons. The summed E-state index contributed by atoms with van der Waals surface area (Å²) in [5, 5.41) is 0. The van der Waals surface area contributed by atoms with Crippen molar-refractivity contribution in [1.82, 2.24) is 0 Å². The summed E-state index contributed by atoms with van der Waals surface area (Å²) < 4.78 is 0. The summed E-state index contributed by atoms with van der Waals surface area (Å²) in [6.07, 6.45) is 26.1. The standard InChI is InChI=1S/C18H16S/c1-2-6-15(5-1)9-11-17-13-14-18(19-17)12-10-16-7-3-4-8-16/h1-16H/b11-9+,12-10+. The molecule has 1 aromatic heterocycles. The molecule has 0 spiro atoms. The van der Waals surface area contributed by atoms with Crippen molar-refractivity contribution in [1.29, 1.82) is 0 Å². The summed E-state index contributed by atoms with van der Waals surface area (Å²) >= 11 is 1.83. The summed E-state index contributed by atoms with van der Waals surface area (Å²) in [5.74, 6) is 0.935. The smallest absolute Gasteiger partial charge is 0.0273 e. The van der Waals surface area contributed by atoms with Crippen molar-refractivity contribution in [2.45, 2.75) is 0 Å². The second-order valence-electron chi connectivity index (χ2n) is 4.65. The first-order valence-corrected chi connectivity index (χ1v) is 7.38. The second kappa shape index (κ2) is 5.85. The van der Waals surface area contributed by atoms with E-state index in [1.807, 2.05) is 11.3 Å². The molecule has 0 radical (unpaired) electrons. The molecule has 0 saturated heterocycles. The molecule has 0 nitrogen and oxygen atoms in total. The van der Waals surface area contributed by atoms with E-state index in [1.54, 1.807) is 0 Å². The van der Waals surface area contributed by atoms with Crippen LogP contribution in [0.4, 0.5) is 0 Å². The molecule has 19 heavy (non-hydrogen) atoms. The van der Waals surface area contributed by atoms with Crippen LogP contribution in [0.1, 0.15) is 9.75 Å². The SMILES string of the molecule is C1=CC(/C=C/c2ccc(/C=C/C3C=CC=C3)s2)C=C1. The molecule has 0 aromatic carbocycles. The Labute approximate surface area is 118 Å². The van der Waals surface area contributed by atoms with Crippen LogP contribution in [0.3, 0.4) is 0 Å². The molecule has 3 rings (SSSR count). The zero-order chi connectivity index (χ0) is 12.9. The van der Waals surface area contributed by atoms with Gasteiger partial charge in [-0.15, -0.1) is 11.3 Å². The topological polar surface area (TPSA) is 0 Å². The fourth-order valence-electron chi connectivity index (χ4n) is 2.11. The van der Waals surface area contributed by atoms with Gasteiger partial charge in [0.15, 0.2) is 0 Å². The Morgan fingerprint density at radius 1 is 0.684 bits per heavy atom. The van der Waals surface area contributed by atoms with E-state index in [4.69, 9.17) is 0 Å². The summed E-state index contributed by atoms with van der Waals surface area (Å²) in [6, 6.07) is 4.37. The van der Waals surface area contributed by atoms with E-state index in [2.05, 4.69) is 85.0 Å². The van der Waals surface area contributed by atoms with E-state index in [0.717, 1.165) is 0 Å². The highest BCUT2D eigenvalue weighted by Crippen LogP contribution is 2.22. The van der Waals surface area contributed by atoms with Crippen LogP contribution >= 0.6 is 11.3 Å². The summed E-state index contributed by atoms with van der Waals surface area (Å²) in [7, 11) is 0. The fraction of sp³-hybridized carbons (Fsp3) is 0.111. The minimum atomic E-state index is 0.467. The van der Waals surface area contributed by atoms with Gasteiger partial charge in [-0.3, -0.25) is 0 Å². The maximum atomic E-state index is 2.24.